The van der Waals surface area contributed by atoms with E-state index in [1.54, 1.807) is 6.20 Å². The first-order valence-corrected chi connectivity index (χ1v) is 4.69. The van der Waals surface area contributed by atoms with E-state index in [2.05, 4.69) is 10.3 Å². The molecule has 1 atom stereocenters. The van der Waals surface area contributed by atoms with Crippen LogP contribution in [0.1, 0.15) is 19.8 Å². The lowest BCUT2D eigenvalue weighted by atomic mass is 10.2. The lowest BCUT2D eigenvalue weighted by molar-refractivity contribution is 0.639. The van der Waals surface area contributed by atoms with E-state index < -0.39 is 0 Å². The predicted molar refractivity (Wildman–Crippen MR) is 55.6 cm³/mol. The second-order valence-corrected chi connectivity index (χ2v) is 3.26. The summed E-state index contributed by atoms with van der Waals surface area (Å²) in [5.41, 5.74) is 5.63. The zero-order chi connectivity index (χ0) is 9.52. The van der Waals surface area contributed by atoms with Gasteiger partial charge < -0.3 is 11.1 Å². The number of aromatic nitrogens is 1. The third-order valence-corrected chi connectivity index (χ3v) is 1.81. The van der Waals surface area contributed by atoms with Crippen LogP contribution in [-0.4, -0.2) is 17.6 Å². The topological polar surface area (TPSA) is 50.9 Å². The molecule has 0 aliphatic rings. The van der Waals surface area contributed by atoms with E-state index in [1.807, 2.05) is 25.1 Å². The van der Waals surface area contributed by atoms with Gasteiger partial charge in [0.15, 0.2) is 0 Å². The summed E-state index contributed by atoms with van der Waals surface area (Å²) in [6, 6.07) is 6.14. The number of rotatable bonds is 5. The Labute approximate surface area is 79.4 Å². The van der Waals surface area contributed by atoms with Crippen molar-refractivity contribution in [3.63, 3.8) is 0 Å². The maximum Gasteiger partial charge on any atom is 0.125 e. The minimum absolute atomic E-state index is 0.297. The molecule has 0 aliphatic heterocycles. The summed E-state index contributed by atoms with van der Waals surface area (Å²) in [7, 11) is 0. The van der Waals surface area contributed by atoms with Crippen LogP contribution < -0.4 is 11.1 Å². The number of anilines is 1. The molecule has 1 heterocycles. The number of nitrogens with one attached hydrogen (secondary N) is 1. The summed E-state index contributed by atoms with van der Waals surface area (Å²) >= 11 is 0. The molecule has 0 aromatic carbocycles. The molecule has 1 aromatic heterocycles. The van der Waals surface area contributed by atoms with Crippen molar-refractivity contribution in [1.82, 2.24) is 4.98 Å². The van der Waals surface area contributed by atoms with E-state index in [9.17, 15) is 0 Å². The molecule has 0 aliphatic carbocycles. The highest BCUT2D eigenvalue weighted by Gasteiger charge is 1.94. The Morgan fingerprint density at radius 1 is 1.54 bits per heavy atom. The summed E-state index contributed by atoms with van der Waals surface area (Å²) < 4.78 is 0. The van der Waals surface area contributed by atoms with Crippen LogP contribution in [0.15, 0.2) is 24.4 Å². The minimum Gasteiger partial charge on any atom is -0.370 e. The standard InChI is InChI=1S/C10H17N3/c1-9(11)5-4-8-13-10-6-2-3-7-12-10/h2-3,6-7,9H,4-5,8,11H2,1H3,(H,12,13). The Morgan fingerprint density at radius 2 is 2.38 bits per heavy atom. The lowest BCUT2D eigenvalue weighted by Gasteiger charge is -2.06. The SMILES string of the molecule is CC(N)CCCNc1ccccn1. The van der Waals surface area contributed by atoms with Gasteiger partial charge in [-0.1, -0.05) is 6.07 Å². The highest BCUT2D eigenvalue weighted by molar-refractivity contribution is 5.32. The molecule has 0 spiro atoms. The van der Waals surface area contributed by atoms with Crippen LogP contribution in [0.4, 0.5) is 5.82 Å². The number of pyridine rings is 1. The molecule has 3 heteroatoms. The van der Waals surface area contributed by atoms with Crippen LogP contribution in [-0.2, 0) is 0 Å². The average molecular weight is 179 g/mol. The fourth-order valence-electron chi connectivity index (χ4n) is 1.11. The fraction of sp³-hybridized carbons (Fsp3) is 0.500. The van der Waals surface area contributed by atoms with Gasteiger partial charge in [0.05, 0.1) is 0 Å². The Hall–Kier alpha value is -1.09. The van der Waals surface area contributed by atoms with E-state index in [0.717, 1.165) is 25.2 Å². The summed E-state index contributed by atoms with van der Waals surface area (Å²) in [5, 5.41) is 3.23. The highest BCUT2D eigenvalue weighted by atomic mass is 15.0. The summed E-state index contributed by atoms with van der Waals surface area (Å²) in [5.74, 6) is 0.937. The fourth-order valence-corrected chi connectivity index (χ4v) is 1.11. The van der Waals surface area contributed by atoms with Gasteiger partial charge in [0.25, 0.3) is 0 Å². The molecule has 0 fully saturated rings. The molecule has 3 nitrogen and oxygen atoms in total. The van der Waals surface area contributed by atoms with Gasteiger partial charge >= 0.3 is 0 Å². The molecule has 0 saturated heterocycles. The zero-order valence-corrected chi connectivity index (χ0v) is 8.03. The Kier molecular flexibility index (Phi) is 4.26. The molecular formula is C10H17N3. The van der Waals surface area contributed by atoms with Crippen LogP contribution in [0.5, 0.6) is 0 Å². The normalized spacial score (nSPS) is 12.5. The van der Waals surface area contributed by atoms with E-state index in [1.165, 1.54) is 0 Å². The smallest absolute Gasteiger partial charge is 0.125 e. The molecule has 0 radical (unpaired) electrons. The number of hydrogen-bond donors (Lipinski definition) is 2. The van der Waals surface area contributed by atoms with Crippen molar-refractivity contribution in [2.24, 2.45) is 5.73 Å². The van der Waals surface area contributed by atoms with E-state index in [0.29, 0.717) is 6.04 Å². The second-order valence-electron chi connectivity index (χ2n) is 3.26. The van der Waals surface area contributed by atoms with E-state index in [4.69, 9.17) is 5.73 Å². The number of hydrogen-bond acceptors (Lipinski definition) is 3. The first-order valence-electron chi connectivity index (χ1n) is 4.69. The number of nitrogens with two attached hydrogens (primary N) is 1. The zero-order valence-electron chi connectivity index (χ0n) is 8.03. The Balaban J connectivity index is 2.13. The van der Waals surface area contributed by atoms with E-state index >= 15 is 0 Å². The minimum atomic E-state index is 0.297. The van der Waals surface area contributed by atoms with Crippen molar-refractivity contribution in [3.05, 3.63) is 24.4 Å². The van der Waals surface area contributed by atoms with Crippen LogP contribution in [0.2, 0.25) is 0 Å². The Morgan fingerprint density at radius 3 is 3.00 bits per heavy atom. The van der Waals surface area contributed by atoms with Gasteiger partial charge in [-0.3, -0.25) is 0 Å². The summed E-state index contributed by atoms with van der Waals surface area (Å²) in [4.78, 5) is 4.15. The van der Waals surface area contributed by atoms with Crippen LogP contribution >= 0.6 is 0 Å². The Bertz CT molecular complexity index is 221. The van der Waals surface area contributed by atoms with Gasteiger partial charge in [0, 0.05) is 18.8 Å². The van der Waals surface area contributed by atoms with Crippen LogP contribution in [0, 0.1) is 0 Å². The molecular weight excluding hydrogens is 162 g/mol. The van der Waals surface area contributed by atoms with Crippen LogP contribution in [0.25, 0.3) is 0 Å². The molecule has 0 amide bonds. The molecule has 72 valence electrons. The molecule has 0 bridgehead atoms. The van der Waals surface area contributed by atoms with Gasteiger partial charge in [-0.05, 0) is 31.9 Å². The highest BCUT2D eigenvalue weighted by Crippen LogP contribution is 2.00. The van der Waals surface area contributed by atoms with Crippen molar-refractivity contribution >= 4 is 5.82 Å². The lowest BCUT2D eigenvalue weighted by Crippen LogP contribution is -2.16. The van der Waals surface area contributed by atoms with Crippen molar-refractivity contribution in [1.29, 1.82) is 0 Å². The van der Waals surface area contributed by atoms with Gasteiger partial charge in [-0.2, -0.15) is 0 Å². The monoisotopic (exact) mass is 179 g/mol. The van der Waals surface area contributed by atoms with Crippen molar-refractivity contribution < 1.29 is 0 Å². The average Bonchev–Trinajstić information content (AvgIpc) is 2.14. The molecule has 1 unspecified atom stereocenters. The molecule has 1 aromatic rings. The number of nitrogens with zero attached hydrogens (tertiary/aromatic N) is 1. The quantitative estimate of drug-likeness (QED) is 0.675. The van der Waals surface area contributed by atoms with Gasteiger partial charge in [-0.25, -0.2) is 4.98 Å². The molecule has 0 saturated carbocycles. The van der Waals surface area contributed by atoms with E-state index in [-0.39, 0.29) is 0 Å². The maximum absolute atomic E-state index is 5.63. The summed E-state index contributed by atoms with van der Waals surface area (Å²) in [6.45, 7) is 2.97. The predicted octanol–water partition coefficient (Wildman–Crippen LogP) is 1.62. The largest absolute Gasteiger partial charge is 0.370 e. The molecule has 1 rings (SSSR count). The van der Waals surface area contributed by atoms with Crippen LogP contribution in [0.3, 0.4) is 0 Å². The van der Waals surface area contributed by atoms with Gasteiger partial charge in [0.1, 0.15) is 5.82 Å². The second kappa shape index (κ2) is 5.54. The third-order valence-electron chi connectivity index (χ3n) is 1.81. The summed E-state index contributed by atoms with van der Waals surface area (Å²) in [6.07, 6.45) is 3.93. The first-order chi connectivity index (χ1) is 6.29. The first kappa shape index (κ1) is 9.99. The maximum atomic E-state index is 5.63. The van der Waals surface area contributed by atoms with Gasteiger partial charge in [0.2, 0.25) is 0 Å². The van der Waals surface area contributed by atoms with Crippen molar-refractivity contribution in [2.75, 3.05) is 11.9 Å². The van der Waals surface area contributed by atoms with Crippen molar-refractivity contribution in [2.45, 2.75) is 25.8 Å². The molecule has 13 heavy (non-hydrogen) atoms. The van der Waals surface area contributed by atoms with Gasteiger partial charge in [-0.15, -0.1) is 0 Å². The molecule has 3 N–H and O–H groups in total. The third kappa shape index (κ3) is 4.48. The van der Waals surface area contributed by atoms with Crippen molar-refractivity contribution in [3.8, 4) is 0 Å².